The number of carbonyl (C=O) groups excluding carboxylic acids is 2. The van der Waals surface area contributed by atoms with Gasteiger partial charge in [-0.15, -0.1) is 0 Å². The highest BCUT2D eigenvalue weighted by Gasteiger charge is 2.05. The molecule has 1 rings (SSSR count). The fourth-order valence-electron chi connectivity index (χ4n) is 1.60. The number of cyclic esters (lactones) is 1. The molecule has 2 N–H and O–H groups in total. The average Bonchev–Trinajstić information content (AvgIpc) is 2.70. The lowest BCUT2D eigenvalue weighted by Crippen LogP contribution is -2.07. The molecule has 6 heteroatoms. The van der Waals surface area contributed by atoms with Crippen LogP contribution in [0.25, 0.3) is 0 Å². The van der Waals surface area contributed by atoms with Crippen LogP contribution in [0.5, 0.6) is 0 Å². The zero-order valence-electron chi connectivity index (χ0n) is 12.0. The van der Waals surface area contributed by atoms with Gasteiger partial charge in [-0.25, -0.2) is 0 Å². The lowest BCUT2D eigenvalue weighted by Gasteiger charge is -2.01. The van der Waals surface area contributed by atoms with Crippen molar-refractivity contribution in [2.24, 2.45) is 0 Å². The van der Waals surface area contributed by atoms with E-state index in [1.165, 1.54) is 0 Å². The van der Waals surface area contributed by atoms with Gasteiger partial charge in [0.1, 0.15) is 6.61 Å². The molecule has 0 radical (unpaired) electrons. The highest BCUT2D eigenvalue weighted by molar-refractivity contribution is 5.69. The Labute approximate surface area is 134 Å². The first-order chi connectivity index (χ1) is 9.70. The summed E-state index contributed by atoms with van der Waals surface area (Å²) in [4.78, 5) is 21.2. The lowest BCUT2D eigenvalue weighted by atomic mass is 10.2. The molecule has 0 amide bonds. The van der Waals surface area contributed by atoms with Gasteiger partial charge in [0.05, 0.1) is 13.2 Å². The second-order valence-corrected chi connectivity index (χ2v) is 4.51. The molecule has 1 aliphatic rings. The van der Waals surface area contributed by atoms with Crippen molar-refractivity contribution < 1.29 is 29.3 Å². The molecule has 0 spiro atoms. The SMILES string of the molecule is C.C.O=C(CCCCCO)OCCO.O=C1CCCCCO1. The summed E-state index contributed by atoms with van der Waals surface area (Å²) >= 11 is 0. The maximum absolute atomic E-state index is 10.8. The molecule has 0 aliphatic carbocycles. The summed E-state index contributed by atoms with van der Waals surface area (Å²) in [6.07, 6.45) is 6.51. The number of aliphatic hydroxyl groups is 2. The summed E-state index contributed by atoms with van der Waals surface area (Å²) in [7, 11) is 0. The number of ether oxygens (including phenoxy) is 2. The van der Waals surface area contributed by atoms with Crippen molar-refractivity contribution in [1.82, 2.24) is 0 Å². The van der Waals surface area contributed by atoms with E-state index >= 15 is 0 Å². The van der Waals surface area contributed by atoms with Gasteiger partial charge >= 0.3 is 11.9 Å². The fourth-order valence-corrected chi connectivity index (χ4v) is 1.60. The normalized spacial score (nSPS) is 13.3. The van der Waals surface area contributed by atoms with Crippen LogP contribution in [0, 0.1) is 0 Å². The number of hydrogen-bond donors (Lipinski definition) is 2. The van der Waals surface area contributed by atoms with Crippen LogP contribution in [0.3, 0.4) is 0 Å². The molecule has 0 aromatic rings. The number of rotatable bonds is 7. The van der Waals surface area contributed by atoms with Crippen LogP contribution >= 0.6 is 0 Å². The van der Waals surface area contributed by atoms with E-state index in [-0.39, 0.29) is 46.6 Å². The zero-order chi connectivity index (χ0) is 15.1. The predicted molar refractivity (Wildman–Crippen MR) is 86.5 cm³/mol. The summed E-state index contributed by atoms with van der Waals surface area (Å²) in [6, 6.07) is 0. The van der Waals surface area contributed by atoms with Crippen molar-refractivity contribution in [2.75, 3.05) is 26.4 Å². The first kappa shape index (κ1) is 25.8. The van der Waals surface area contributed by atoms with Crippen molar-refractivity contribution in [3.05, 3.63) is 0 Å². The Morgan fingerprint density at radius 2 is 1.77 bits per heavy atom. The average molecular weight is 322 g/mol. The maximum Gasteiger partial charge on any atom is 0.305 e. The third-order valence-electron chi connectivity index (χ3n) is 2.68. The number of unbranched alkanes of at least 4 members (excludes halogenated alkanes) is 2. The van der Waals surface area contributed by atoms with Crippen LogP contribution in [0.4, 0.5) is 0 Å². The van der Waals surface area contributed by atoms with Gasteiger partial charge in [0.25, 0.3) is 0 Å². The lowest BCUT2D eigenvalue weighted by molar-refractivity contribution is -0.145. The summed E-state index contributed by atoms with van der Waals surface area (Å²) < 4.78 is 9.38. The Morgan fingerprint density at radius 3 is 2.41 bits per heavy atom. The molecule has 0 unspecified atom stereocenters. The summed E-state index contributed by atoms with van der Waals surface area (Å²) in [5.74, 6) is -0.301. The Kier molecular flexibility index (Phi) is 23.3. The Morgan fingerprint density at radius 1 is 1.05 bits per heavy atom. The first-order valence-corrected chi connectivity index (χ1v) is 7.23. The molecule has 1 aliphatic heterocycles. The van der Waals surface area contributed by atoms with Gasteiger partial charge in [-0.1, -0.05) is 21.3 Å². The molecule has 1 fully saturated rings. The molecule has 1 saturated heterocycles. The molecule has 6 nitrogen and oxygen atoms in total. The van der Waals surface area contributed by atoms with E-state index in [1.54, 1.807) is 0 Å². The minimum Gasteiger partial charge on any atom is -0.466 e. The molecular formula is C16H34O6. The van der Waals surface area contributed by atoms with Gasteiger partial charge in [-0.2, -0.15) is 0 Å². The van der Waals surface area contributed by atoms with Crippen LogP contribution in [-0.2, 0) is 19.1 Å². The Hall–Kier alpha value is -1.14. The monoisotopic (exact) mass is 322 g/mol. The van der Waals surface area contributed by atoms with Gasteiger partial charge < -0.3 is 19.7 Å². The zero-order valence-corrected chi connectivity index (χ0v) is 12.0. The molecule has 0 atom stereocenters. The van der Waals surface area contributed by atoms with E-state index in [0.29, 0.717) is 19.4 Å². The van der Waals surface area contributed by atoms with E-state index in [1.807, 2.05) is 0 Å². The molecule has 134 valence electrons. The van der Waals surface area contributed by atoms with Gasteiger partial charge in [-0.3, -0.25) is 9.59 Å². The molecule has 1 heterocycles. The van der Waals surface area contributed by atoms with E-state index in [0.717, 1.165) is 38.5 Å². The first-order valence-electron chi connectivity index (χ1n) is 7.23. The molecular weight excluding hydrogens is 288 g/mol. The molecule has 0 aromatic carbocycles. The highest BCUT2D eigenvalue weighted by Crippen LogP contribution is 2.06. The summed E-state index contributed by atoms with van der Waals surface area (Å²) in [6.45, 7) is 0.770. The molecule has 22 heavy (non-hydrogen) atoms. The molecule has 0 aromatic heterocycles. The van der Waals surface area contributed by atoms with Crippen LogP contribution in [-0.4, -0.2) is 48.6 Å². The second kappa shape index (κ2) is 19.9. The predicted octanol–water partition coefficient (Wildman–Crippen LogP) is 2.45. The minimum atomic E-state index is -0.276. The molecule has 0 bridgehead atoms. The quantitative estimate of drug-likeness (QED) is 0.552. The summed E-state index contributed by atoms with van der Waals surface area (Å²) in [5, 5.41) is 16.7. The number of carbonyl (C=O) groups is 2. The van der Waals surface area contributed by atoms with Crippen molar-refractivity contribution >= 4 is 11.9 Å². The highest BCUT2D eigenvalue weighted by atomic mass is 16.5. The fraction of sp³-hybridized carbons (Fsp3) is 0.875. The number of aliphatic hydroxyl groups excluding tert-OH is 2. The standard InChI is InChI=1S/C8H16O4.C6H10O2.2CH4/c9-5-3-1-2-4-8(11)12-7-6-10;7-6-4-2-1-3-5-8-6;;/h9-10H,1-7H2;1-5H2;2*1H4. The van der Waals surface area contributed by atoms with Gasteiger partial charge in [0.15, 0.2) is 0 Å². The second-order valence-electron chi connectivity index (χ2n) is 4.51. The number of hydrogen-bond acceptors (Lipinski definition) is 6. The minimum absolute atomic E-state index is 0. The van der Waals surface area contributed by atoms with Crippen LogP contribution < -0.4 is 0 Å². The molecule has 0 saturated carbocycles. The van der Waals surface area contributed by atoms with Gasteiger partial charge in [0.2, 0.25) is 0 Å². The van der Waals surface area contributed by atoms with E-state index < -0.39 is 0 Å². The van der Waals surface area contributed by atoms with E-state index in [4.69, 9.17) is 14.9 Å². The topological polar surface area (TPSA) is 93.1 Å². The van der Waals surface area contributed by atoms with Crippen molar-refractivity contribution in [3.63, 3.8) is 0 Å². The summed E-state index contributed by atoms with van der Waals surface area (Å²) in [5.41, 5.74) is 0. The number of esters is 2. The van der Waals surface area contributed by atoms with Crippen LogP contribution in [0.2, 0.25) is 0 Å². The van der Waals surface area contributed by atoms with Crippen molar-refractivity contribution in [3.8, 4) is 0 Å². The third-order valence-corrected chi connectivity index (χ3v) is 2.68. The Balaban J connectivity index is -0.000000318. The van der Waals surface area contributed by atoms with Gasteiger partial charge in [-0.05, 0) is 32.1 Å². The smallest absolute Gasteiger partial charge is 0.305 e. The largest absolute Gasteiger partial charge is 0.466 e. The third kappa shape index (κ3) is 18.9. The van der Waals surface area contributed by atoms with Crippen molar-refractivity contribution in [1.29, 1.82) is 0 Å². The van der Waals surface area contributed by atoms with E-state index in [2.05, 4.69) is 4.74 Å². The van der Waals surface area contributed by atoms with Crippen molar-refractivity contribution in [2.45, 2.75) is 66.2 Å². The van der Waals surface area contributed by atoms with E-state index in [9.17, 15) is 9.59 Å². The van der Waals surface area contributed by atoms with Crippen LogP contribution in [0.1, 0.15) is 66.2 Å². The van der Waals surface area contributed by atoms with Crippen LogP contribution in [0.15, 0.2) is 0 Å². The van der Waals surface area contributed by atoms with Gasteiger partial charge in [0, 0.05) is 19.4 Å². The maximum atomic E-state index is 10.8. The Bertz CT molecular complexity index is 245.